The van der Waals surface area contributed by atoms with Crippen molar-refractivity contribution in [3.63, 3.8) is 0 Å². The Kier molecular flexibility index (Phi) is 8.01. The Balaban J connectivity index is 0.00000274. The van der Waals surface area contributed by atoms with Gasteiger partial charge in [-0.15, -0.1) is 12.4 Å². The molecular formula is C28H31ClN4O. The molecule has 0 saturated carbocycles. The summed E-state index contributed by atoms with van der Waals surface area (Å²) >= 11 is 0. The van der Waals surface area contributed by atoms with Crippen LogP contribution >= 0.6 is 12.4 Å². The van der Waals surface area contributed by atoms with Gasteiger partial charge in [0.05, 0.1) is 18.2 Å². The minimum Gasteiger partial charge on any atom is -0.472 e. The van der Waals surface area contributed by atoms with Crippen molar-refractivity contribution in [3.8, 4) is 33.5 Å². The lowest BCUT2D eigenvalue weighted by Gasteiger charge is -2.23. The van der Waals surface area contributed by atoms with Crippen LogP contribution in [-0.4, -0.2) is 24.6 Å². The van der Waals surface area contributed by atoms with Crippen LogP contribution in [0.2, 0.25) is 0 Å². The Morgan fingerprint density at radius 2 is 1.56 bits per heavy atom. The molecule has 176 valence electrons. The maximum Gasteiger partial charge on any atom is 0.126 e. The van der Waals surface area contributed by atoms with Gasteiger partial charge in [0.1, 0.15) is 5.82 Å². The topological polar surface area (TPSA) is 76.1 Å². The van der Waals surface area contributed by atoms with Crippen molar-refractivity contribution in [2.45, 2.75) is 19.4 Å². The second-order valence-corrected chi connectivity index (χ2v) is 8.66. The number of aromatic nitrogens is 1. The number of anilines is 1. The third kappa shape index (κ3) is 5.50. The van der Waals surface area contributed by atoms with Gasteiger partial charge in [-0.1, -0.05) is 48.5 Å². The number of pyridine rings is 1. The number of furan rings is 1. The fourth-order valence-corrected chi connectivity index (χ4v) is 4.41. The van der Waals surface area contributed by atoms with E-state index in [0.29, 0.717) is 12.5 Å². The summed E-state index contributed by atoms with van der Waals surface area (Å²) in [5.41, 5.74) is 13.4. The molecule has 0 bridgehead atoms. The maximum atomic E-state index is 5.80. The molecule has 1 fully saturated rings. The molecule has 5 nitrogen and oxygen atoms in total. The Labute approximate surface area is 207 Å². The van der Waals surface area contributed by atoms with Crippen molar-refractivity contribution >= 4 is 18.2 Å². The van der Waals surface area contributed by atoms with Gasteiger partial charge < -0.3 is 20.8 Å². The van der Waals surface area contributed by atoms with E-state index >= 15 is 0 Å². The van der Waals surface area contributed by atoms with Gasteiger partial charge in [-0.2, -0.15) is 0 Å². The third-order valence-electron chi connectivity index (χ3n) is 6.44. The van der Waals surface area contributed by atoms with E-state index in [0.717, 1.165) is 64.5 Å². The number of nitrogens with zero attached hydrogens (tertiary/aromatic N) is 1. The van der Waals surface area contributed by atoms with Gasteiger partial charge in [-0.05, 0) is 66.7 Å². The van der Waals surface area contributed by atoms with Crippen LogP contribution < -0.4 is 16.4 Å². The molecule has 0 unspecified atom stereocenters. The van der Waals surface area contributed by atoms with E-state index in [2.05, 4.69) is 71.3 Å². The largest absolute Gasteiger partial charge is 0.472 e. The molecule has 0 amide bonds. The molecule has 2 aromatic heterocycles. The highest BCUT2D eigenvalue weighted by atomic mass is 35.5. The van der Waals surface area contributed by atoms with E-state index in [1.165, 1.54) is 12.8 Å². The number of nitrogens with two attached hydrogens (primary N) is 1. The molecule has 0 atom stereocenters. The summed E-state index contributed by atoms with van der Waals surface area (Å²) in [6.07, 6.45) is 5.89. The molecule has 0 aliphatic carbocycles. The minimum atomic E-state index is 0. The molecule has 3 heterocycles. The van der Waals surface area contributed by atoms with Crippen LogP contribution in [0.3, 0.4) is 0 Å². The SMILES string of the molecule is Cl.NCc1ccc(-c2ccc(NCC3CCNCC3)nc2-c2ccc(-c3ccoc3)cc2)cc1. The molecule has 4 N–H and O–H groups in total. The maximum absolute atomic E-state index is 5.80. The number of hydrogen-bond acceptors (Lipinski definition) is 5. The first-order valence-corrected chi connectivity index (χ1v) is 11.7. The number of hydrogen-bond donors (Lipinski definition) is 3. The zero-order valence-electron chi connectivity index (χ0n) is 19.2. The zero-order chi connectivity index (χ0) is 22.5. The fraction of sp³-hybridized carbons (Fsp3) is 0.250. The molecule has 1 aliphatic heterocycles. The lowest BCUT2D eigenvalue weighted by Crippen LogP contribution is -2.31. The number of benzene rings is 2. The van der Waals surface area contributed by atoms with E-state index < -0.39 is 0 Å². The molecule has 1 aliphatic rings. The minimum absolute atomic E-state index is 0. The van der Waals surface area contributed by atoms with Crippen molar-refractivity contribution in [2.75, 3.05) is 25.0 Å². The monoisotopic (exact) mass is 474 g/mol. The number of rotatable bonds is 7. The lowest BCUT2D eigenvalue weighted by molar-refractivity contribution is 0.389. The first-order chi connectivity index (χ1) is 16.3. The fourth-order valence-electron chi connectivity index (χ4n) is 4.41. The predicted octanol–water partition coefficient (Wildman–Crippen LogP) is 5.97. The summed E-state index contributed by atoms with van der Waals surface area (Å²) in [6, 6.07) is 23.2. The van der Waals surface area contributed by atoms with Gasteiger partial charge in [0.2, 0.25) is 0 Å². The molecule has 0 spiro atoms. The zero-order valence-corrected chi connectivity index (χ0v) is 20.0. The van der Waals surface area contributed by atoms with Crippen LogP contribution in [-0.2, 0) is 6.54 Å². The van der Waals surface area contributed by atoms with Crippen LogP contribution in [0.1, 0.15) is 18.4 Å². The van der Waals surface area contributed by atoms with Crippen molar-refractivity contribution in [1.29, 1.82) is 0 Å². The molecular weight excluding hydrogens is 444 g/mol. The Morgan fingerprint density at radius 3 is 2.24 bits per heavy atom. The van der Waals surface area contributed by atoms with Crippen molar-refractivity contribution in [3.05, 3.63) is 84.8 Å². The van der Waals surface area contributed by atoms with E-state index in [-0.39, 0.29) is 12.4 Å². The Bertz CT molecular complexity index is 1170. The summed E-state index contributed by atoms with van der Waals surface area (Å²) in [6.45, 7) is 3.70. The highest BCUT2D eigenvalue weighted by Crippen LogP contribution is 2.33. The van der Waals surface area contributed by atoms with Crippen molar-refractivity contribution in [1.82, 2.24) is 10.3 Å². The van der Waals surface area contributed by atoms with Gasteiger partial charge in [-0.25, -0.2) is 4.98 Å². The number of nitrogens with one attached hydrogen (secondary N) is 2. The summed E-state index contributed by atoms with van der Waals surface area (Å²) in [4.78, 5) is 5.07. The molecule has 1 saturated heterocycles. The number of halogens is 1. The van der Waals surface area contributed by atoms with Crippen molar-refractivity contribution in [2.24, 2.45) is 11.7 Å². The number of piperidine rings is 1. The summed E-state index contributed by atoms with van der Waals surface area (Å²) in [5.74, 6) is 1.61. The normalized spacial score (nSPS) is 13.9. The second kappa shape index (κ2) is 11.3. The molecule has 6 heteroatoms. The average molecular weight is 475 g/mol. The van der Waals surface area contributed by atoms with Gasteiger partial charge in [-0.3, -0.25) is 0 Å². The molecule has 0 radical (unpaired) electrons. The van der Waals surface area contributed by atoms with Gasteiger partial charge in [0, 0.05) is 29.8 Å². The van der Waals surface area contributed by atoms with E-state index in [9.17, 15) is 0 Å². The smallest absolute Gasteiger partial charge is 0.126 e. The molecule has 4 aromatic rings. The summed E-state index contributed by atoms with van der Waals surface area (Å²) in [7, 11) is 0. The van der Waals surface area contributed by atoms with Crippen LogP contribution in [0, 0.1) is 5.92 Å². The quantitative estimate of drug-likeness (QED) is 0.307. The summed E-state index contributed by atoms with van der Waals surface area (Å²) < 4.78 is 5.24. The van der Waals surface area contributed by atoms with Crippen LogP contribution in [0.15, 0.2) is 83.7 Å². The third-order valence-corrected chi connectivity index (χ3v) is 6.44. The highest BCUT2D eigenvalue weighted by molar-refractivity contribution is 5.85. The van der Waals surface area contributed by atoms with Crippen LogP contribution in [0.5, 0.6) is 0 Å². The van der Waals surface area contributed by atoms with Gasteiger partial charge in [0.25, 0.3) is 0 Å². The Hall–Kier alpha value is -3.12. The van der Waals surface area contributed by atoms with E-state index in [1.807, 2.05) is 6.07 Å². The van der Waals surface area contributed by atoms with Crippen LogP contribution in [0.4, 0.5) is 5.82 Å². The van der Waals surface area contributed by atoms with Crippen molar-refractivity contribution < 1.29 is 4.42 Å². The molecule has 2 aromatic carbocycles. The summed E-state index contributed by atoms with van der Waals surface area (Å²) in [5, 5.41) is 7.02. The predicted molar refractivity (Wildman–Crippen MR) is 142 cm³/mol. The second-order valence-electron chi connectivity index (χ2n) is 8.66. The van der Waals surface area contributed by atoms with E-state index in [1.54, 1.807) is 12.5 Å². The molecule has 34 heavy (non-hydrogen) atoms. The molecule has 5 rings (SSSR count). The van der Waals surface area contributed by atoms with Crippen LogP contribution in [0.25, 0.3) is 33.5 Å². The standard InChI is InChI=1S/C28H30N4O.ClH/c29-17-20-1-3-23(4-2-20)26-9-10-27(31-18-21-11-14-30-15-12-21)32-28(26)24-7-5-22(6-8-24)25-13-16-33-19-25;/h1-10,13,16,19,21,30H,11-12,14-15,17-18,29H2,(H,31,32);1H. The first-order valence-electron chi connectivity index (χ1n) is 11.7. The Morgan fingerprint density at radius 1 is 0.853 bits per heavy atom. The van der Waals surface area contributed by atoms with Gasteiger partial charge >= 0.3 is 0 Å². The van der Waals surface area contributed by atoms with E-state index in [4.69, 9.17) is 15.1 Å². The average Bonchev–Trinajstić information content (AvgIpc) is 3.43. The highest BCUT2D eigenvalue weighted by Gasteiger charge is 2.15. The lowest BCUT2D eigenvalue weighted by atomic mass is 9.96. The van der Waals surface area contributed by atoms with Gasteiger partial charge in [0.15, 0.2) is 0 Å². The first kappa shape index (κ1) is 24.0.